The number of nitro groups is 1. The maximum atomic E-state index is 14.0. The van der Waals surface area contributed by atoms with E-state index in [-0.39, 0.29) is 17.0 Å². The third-order valence-electron chi connectivity index (χ3n) is 4.25. The van der Waals surface area contributed by atoms with Gasteiger partial charge in [0.05, 0.1) is 12.5 Å². The molecule has 0 amide bonds. The molecule has 0 N–H and O–H groups in total. The molecule has 1 saturated heterocycles. The van der Waals surface area contributed by atoms with Crippen LogP contribution in [0.2, 0.25) is 0 Å². The van der Waals surface area contributed by atoms with Gasteiger partial charge in [0.2, 0.25) is 6.04 Å². The number of rotatable bonds is 4. The Labute approximate surface area is 132 Å². The average Bonchev–Trinajstić information content (AvgIpc) is 2.92. The first-order valence-electron chi connectivity index (χ1n) is 7.39. The van der Waals surface area contributed by atoms with Crippen molar-refractivity contribution in [3.05, 3.63) is 81.4 Å². The minimum atomic E-state index is -0.890. The van der Waals surface area contributed by atoms with Crippen LogP contribution in [-0.2, 0) is 6.54 Å². The molecule has 1 heterocycles. The van der Waals surface area contributed by atoms with Gasteiger partial charge in [-0.05, 0) is 17.2 Å². The van der Waals surface area contributed by atoms with Crippen LogP contribution >= 0.6 is 0 Å². The van der Waals surface area contributed by atoms with Crippen molar-refractivity contribution in [2.24, 2.45) is 0 Å². The topological polar surface area (TPSA) is 46.4 Å². The van der Waals surface area contributed by atoms with Crippen molar-refractivity contribution in [1.82, 2.24) is 4.90 Å². The van der Waals surface area contributed by atoms with Gasteiger partial charge < -0.3 is 0 Å². The predicted molar refractivity (Wildman–Crippen MR) is 81.6 cm³/mol. The van der Waals surface area contributed by atoms with Crippen LogP contribution in [0.3, 0.4) is 0 Å². The Kier molecular flexibility index (Phi) is 4.34. The van der Waals surface area contributed by atoms with Crippen LogP contribution in [0.5, 0.6) is 0 Å². The number of benzene rings is 2. The van der Waals surface area contributed by atoms with Crippen LogP contribution in [-0.4, -0.2) is 29.0 Å². The Morgan fingerprint density at radius 1 is 1.13 bits per heavy atom. The van der Waals surface area contributed by atoms with Crippen molar-refractivity contribution in [2.75, 3.05) is 13.1 Å². The second kappa shape index (κ2) is 6.42. The van der Waals surface area contributed by atoms with Crippen LogP contribution < -0.4 is 0 Å². The first-order chi connectivity index (χ1) is 11.0. The summed E-state index contributed by atoms with van der Waals surface area (Å²) in [4.78, 5) is 12.9. The highest BCUT2D eigenvalue weighted by atomic mass is 19.1. The van der Waals surface area contributed by atoms with E-state index in [9.17, 15) is 18.9 Å². The van der Waals surface area contributed by atoms with Gasteiger partial charge in [-0.25, -0.2) is 8.78 Å². The van der Waals surface area contributed by atoms with E-state index in [4.69, 9.17) is 0 Å². The fourth-order valence-corrected chi connectivity index (χ4v) is 3.16. The third-order valence-corrected chi connectivity index (χ3v) is 4.25. The predicted octanol–water partition coefficient (Wildman–Crippen LogP) is 3.21. The number of halogens is 2. The molecule has 4 nitrogen and oxygen atoms in total. The van der Waals surface area contributed by atoms with Crippen molar-refractivity contribution in [3.63, 3.8) is 0 Å². The van der Waals surface area contributed by atoms with Gasteiger partial charge in [-0.3, -0.25) is 15.0 Å². The average molecular weight is 318 g/mol. The minimum Gasteiger partial charge on any atom is -0.292 e. The van der Waals surface area contributed by atoms with E-state index in [1.54, 1.807) is 0 Å². The highest BCUT2D eigenvalue weighted by Crippen LogP contribution is 2.32. The van der Waals surface area contributed by atoms with Gasteiger partial charge in [-0.15, -0.1) is 0 Å². The van der Waals surface area contributed by atoms with Crippen LogP contribution in [0, 0.1) is 21.7 Å². The molecule has 120 valence electrons. The number of likely N-dealkylation sites (tertiary alicyclic amines) is 1. The molecule has 1 fully saturated rings. The van der Waals surface area contributed by atoms with Gasteiger partial charge in [0, 0.05) is 24.1 Å². The second-order valence-electron chi connectivity index (χ2n) is 5.80. The molecule has 1 aliphatic heterocycles. The molecule has 0 saturated carbocycles. The molecule has 2 aromatic rings. The van der Waals surface area contributed by atoms with E-state index in [0.29, 0.717) is 13.1 Å². The zero-order valence-corrected chi connectivity index (χ0v) is 12.4. The lowest BCUT2D eigenvalue weighted by atomic mass is 9.94. The lowest BCUT2D eigenvalue weighted by Crippen LogP contribution is -2.28. The summed E-state index contributed by atoms with van der Waals surface area (Å²) < 4.78 is 27.1. The van der Waals surface area contributed by atoms with Crippen molar-refractivity contribution in [3.8, 4) is 0 Å². The monoisotopic (exact) mass is 318 g/mol. The van der Waals surface area contributed by atoms with Crippen molar-refractivity contribution < 1.29 is 13.7 Å². The SMILES string of the molecule is O=[N+]([O-])[C@@H]1CN(Cc2ccccc2)C[C@H]1c1ccc(F)cc1F. The van der Waals surface area contributed by atoms with E-state index >= 15 is 0 Å². The Morgan fingerprint density at radius 3 is 2.52 bits per heavy atom. The molecule has 0 aliphatic carbocycles. The van der Waals surface area contributed by atoms with E-state index < -0.39 is 23.6 Å². The van der Waals surface area contributed by atoms with Gasteiger partial charge in [-0.2, -0.15) is 0 Å². The number of nitrogens with zero attached hydrogens (tertiary/aromatic N) is 2. The molecule has 0 unspecified atom stereocenters. The fourth-order valence-electron chi connectivity index (χ4n) is 3.16. The first-order valence-corrected chi connectivity index (χ1v) is 7.39. The molecule has 0 bridgehead atoms. The molecule has 0 aromatic heterocycles. The smallest absolute Gasteiger partial charge is 0.233 e. The molecular weight excluding hydrogens is 302 g/mol. The summed E-state index contributed by atoms with van der Waals surface area (Å²) >= 11 is 0. The van der Waals surface area contributed by atoms with Gasteiger partial charge in [-0.1, -0.05) is 36.4 Å². The third kappa shape index (κ3) is 3.37. The van der Waals surface area contributed by atoms with Gasteiger partial charge in [0.25, 0.3) is 0 Å². The zero-order chi connectivity index (χ0) is 16.4. The highest BCUT2D eigenvalue weighted by Gasteiger charge is 2.42. The van der Waals surface area contributed by atoms with Crippen molar-refractivity contribution in [2.45, 2.75) is 18.5 Å². The van der Waals surface area contributed by atoms with E-state index in [1.807, 2.05) is 35.2 Å². The quantitative estimate of drug-likeness (QED) is 0.642. The van der Waals surface area contributed by atoms with Crippen LogP contribution in [0.1, 0.15) is 17.0 Å². The molecule has 0 spiro atoms. The largest absolute Gasteiger partial charge is 0.292 e. The molecule has 2 aromatic carbocycles. The van der Waals surface area contributed by atoms with Gasteiger partial charge in [0.15, 0.2) is 0 Å². The minimum absolute atomic E-state index is 0.212. The van der Waals surface area contributed by atoms with Gasteiger partial charge in [0.1, 0.15) is 11.6 Å². The zero-order valence-electron chi connectivity index (χ0n) is 12.4. The molecule has 2 atom stereocenters. The summed E-state index contributed by atoms with van der Waals surface area (Å²) in [6, 6.07) is 12.0. The molecule has 0 radical (unpaired) electrons. The lowest BCUT2D eigenvalue weighted by molar-refractivity contribution is -0.521. The fraction of sp³-hybridized carbons (Fsp3) is 0.294. The molecular formula is C17H16F2N2O2. The van der Waals surface area contributed by atoms with E-state index in [1.165, 1.54) is 6.07 Å². The molecule has 6 heteroatoms. The molecule has 3 rings (SSSR count). The Hall–Kier alpha value is -2.34. The van der Waals surface area contributed by atoms with Crippen LogP contribution in [0.25, 0.3) is 0 Å². The summed E-state index contributed by atoms with van der Waals surface area (Å²) in [6.45, 7) is 1.21. The van der Waals surface area contributed by atoms with Crippen LogP contribution in [0.15, 0.2) is 48.5 Å². The standard InChI is InChI=1S/C17H16F2N2O2/c18-13-6-7-14(16(19)8-13)15-10-20(11-17(15)21(22)23)9-12-4-2-1-3-5-12/h1-8,15,17H,9-11H2/t15-,17+/m0/s1. The molecule has 1 aliphatic rings. The molecule has 23 heavy (non-hydrogen) atoms. The summed E-state index contributed by atoms with van der Waals surface area (Å²) in [5.74, 6) is -1.97. The Bertz CT molecular complexity index is 709. The number of hydrogen-bond acceptors (Lipinski definition) is 3. The summed E-state index contributed by atoms with van der Waals surface area (Å²) in [5, 5.41) is 11.3. The number of hydrogen-bond donors (Lipinski definition) is 0. The maximum absolute atomic E-state index is 14.0. The normalized spacial score (nSPS) is 21.5. The second-order valence-corrected chi connectivity index (χ2v) is 5.80. The summed E-state index contributed by atoms with van der Waals surface area (Å²) in [7, 11) is 0. The maximum Gasteiger partial charge on any atom is 0.233 e. The van der Waals surface area contributed by atoms with Crippen molar-refractivity contribution >= 4 is 0 Å². The Morgan fingerprint density at radius 2 is 1.87 bits per heavy atom. The highest BCUT2D eigenvalue weighted by molar-refractivity contribution is 5.26. The van der Waals surface area contributed by atoms with E-state index in [2.05, 4.69) is 0 Å². The van der Waals surface area contributed by atoms with Gasteiger partial charge >= 0.3 is 0 Å². The van der Waals surface area contributed by atoms with Crippen LogP contribution in [0.4, 0.5) is 8.78 Å². The Balaban J connectivity index is 1.83. The summed E-state index contributed by atoms with van der Waals surface area (Å²) in [6.07, 6.45) is 0. The van der Waals surface area contributed by atoms with E-state index in [0.717, 1.165) is 17.7 Å². The summed E-state index contributed by atoms with van der Waals surface area (Å²) in [5.41, 5.74) is 1.26. The lowest BCUT2D eigenvalue weighted by Gasteiger charge is -2.15. The first kappa shape index (κ1) is 15.6. The van der Waals surface area contributed by atoms with Crippen molar-refractivity contribution in [1.29, 1.82) is 0 Å².